The molecule has 0 radical (unpaired) electrons. The zero-order valence-electron chi connectivity index (χ0n) is 11.4. The van der Waals surface area contributed by atoms with E-state index in [0.29, 0.717) is 12.0 Å². The fourth-order valence-electron chi connectivity index (χ4n) is 2.11. The Bertz CT molecular complexity index is 578. The number of hydrogen-bond donors (Lipinski definition) is 1. The summed E-state index contributed by atoms with van der Waals surface area (Å²) in [5.41, 5.74) is 1.64. The quantitative estimate of drug-likeness (QED) is 0.846. The molecule has 0 aliphatic carbocycles. The van der Waals surface area contributed by atoms with E-state index in [1.54, 1.807) is 12.1 Å². The van der Waals surface area contributed by atoms with Gasteiger partial charge in [0.25, 0.3) is 0 Å². The normalized spacial score (nSPS) is 11.7. The molecule has 0 aromatic heterocycles. The number of ketones is 1. The zero-order valence-corrected chi connectivity index (χ0v) is 11.4. The minimum Gasteiger partial charge on any atom is -0.346 e. The van der Waals surface area contributed by atoms with Crippen molar-refractivity contribution in [2.45, 2.75) is 19.4 Å². The number of amides is 1. The highest BCUT2D eigenvalue weighted by atomic mass is 16.2. The predicted octanol–water partition coefficient (Wildman–Crippen LogP) is 2.62. The molecule has 0 heterocycles. The van der Waals surface area contributed by atoms with Gasteiger partial charge in [-0.3, -0.25) is 9.59 Å². The first-order chi connectivity index (χ1) is 9.66. The molecule has 1 unspecified atom stereocenters. The Balaban J connectivity index is 2.19. The van der Waals surface area contributed by atoms with Crippen molar-refractivity contribution in [3.05, 3.63) is 71.8 Å². The topological polar surface area (TPSA) is 46.2 Å². The number of carbonyl (C=O) groups excluding carboxylic acids is 2. The Morgan fingerprint density at radius 2 is 1.50 bits per heavy atom. The van der Waals surface area contributed by atoms with Gasteiger partial charge in [0.2, 0.25) is 5.91 Å². The molecule has 0 aliphatic rings. The van der Waals surface area contributed by atoms with Crippen LogP contribution in [0.15, 0.2) is 60.7 Å². The highest BCUT2D eigenvalue weighted by molar-refractivity contribution is 6.01. The summed E-state index contributed by atoms with van der Waals surface area (Å²) in [7, 11) is 0. The lowest BCUT2D eigenvalue weighted by molar-refractivity contribution is -0.119. The number of carbonyl (C=O) groups is 2. The maximum atomic E-state index is 12.5. The molecule has 3 heteroatoms. The Morgan fingerprint density at radius 3 is 2.05 bits per heavy atom. The van der Waals surface area contributed by atoms with E-state index in [1.807, 2.05) is 48.5 Å². The molecule has 1 atom stereocenters. The van der Waals surface area contributed by atoms with Crippen LogP contribution in [0.2, 0.25) is 0 Å². The molecular weight excluding hydrogens is 250 g/mol. The SMILES string of the molecule is CC(=O)NC(Cc1ccccc1)C(=O)c1ccccc1. The first-order valence-corrected chi connectivity index (χ1v) is 6.57. The third kappa shape index (κ3) is 3.79. The summed E-state index contributed by atoms with van der Waals surface area (Å²) in [6.45, 7) is 1.43. The maximum Gasteiger partial charge on any atom is 0.217 e. The van der Waals surface area contributed by atoms with Crippen molar-refractivity contribution in [3.8, 4) is 0 Å². The van der Waals surface area contributed by atoms with Gasteiger partial charge in [-0.25, -0.2) is 0 Å². The standard InChI is InChI=1S/C17H17NO2/c1-13(19)18-16(12-14-8-4-2-5-9-14)17(20)15-10-6-3-7-11-15/h2-11,16H,12H2,1H3,(H,18,19). The molecule has 0 saturated heterocycles. The van der Waals surface area contributed by atoms with Crippen molar-refractivity contribution < 1.29 is 9.59 Å². The third-order valence-electron chi connectivity index (χ3n) is 3.03. The van der Waals surface area contributed by atoms with Crippen LogP contribution in [0.3, 0.4) is 0 Å². The van der Waals surface area contributed by atoms with Gasteiger partial charge in [-0.2, -0.15) is 0 Å². The molecule has 2 aromatic rings. The van der Waals surface area contributed by atoms with Crippen LogP contribution in [0.25, 0.3) is 0 Å². The first kappa shape index (κ1) is 14.0. The van der Waals surface area contributed by atoms with Crippen LogP contribution in [0.4, 0.5) is 0 Å². The van der Waals surface area contributed by atoms with Crippen LogP contribution in [0.1, 0.15) is 22.8 Å². The highest BCUT2D eigenvalue weighted by Gasteiger charge is 2.21. The lowest BCUT2D eigenvalue weighted by Crippen LogP contribution is -2.41. The van der Waals surface area contributed by atoms with E-state index in [9.17, 15) is 9.59 Å². The van der Waals surface area contributed by atoms with Crippen LogP contribution in [-0.4, -0.2) is 17.7 Å². The van der Waals surface area contributed by atoms with Crippen LogP contribution < -0.4 is 5.32 Å². The summed E-state index contributed by atoms with van der Waals surface area (Å²) in [5.74, 6) is -0.264. The van der Waals surface area contributed by atoms with Gasteiger partial charge in [0.1, 0.15) is 0 Å². The fourth-order valence-corrected chi connectivity index (χ4v) is 2.11. The van der Waals surface area contributed by atoms with Gasteiger partial charge in [-0.15, -0.1) is 0 Å². The van der Waals surface area contributed by atoms with Crippen molar-refractivity contribution >= 4 is 11.7 Å². The minimum absolute atomic E-state index is 0.0651. The average Bonchev–Trinajstić information content (AvgIpc) is 2.47. The fraction of sp³-hybridized carbons (Fsp3) is 0.176. The molecule has 3 nitrogen and oxygen atoms in total. The Kier molecular flexibility index (Phi) is 4.66. The second kappa shape index (κ2) is 6.66. The summed E-state index contributed by atoms with van der Waals surface area (Å²) in [4.78, 5) is 23.8. The largest absolute Gasteiger partial charge is 0.346 e. The van der Waals surface area contributed by atoms with E-state index in [1.165, 1.54) is 6.92 Å². The molecule has 20 heavy (non-hydrogen) atoms. The van der Waals surface area contributed by atoms with Gasteiger partial charge in [-0.1, -0.05) is 60.7 Å². The van der Waals surface area contributed by atoms with Gasteiger partial charge in [0, 0.05) is 18.9 Å². The van der Waals surface area contributed by atoms with Gasteiger partial charge < -0.3 is 5.32 Å². The van der Waals surface area contributed by atoms with Gasteiger partial charge >= 0.3 is 0 Å². The van der Waals surface area contributed by atoms with Crippen LogP contribution in [0, 0.1) is 0 Å². The molecule has 2 aromatic carbocycles. The van der Waals surface area contributed by atoms with E-state index in [2.05, 4.69) is 5.32 Å². The number of hydrogen-bond acceptors (Lipinski definition) is 2. The molecule has 1 N–H and O–H groups in total. The van der Waals surface area contributed by atoms with E-state index in [-0.39, 0.29) is 11.7 Å². The Labute approximate surface area is 118 Å². The molecule has 1 amide bonds. The molecule has 0 saturated carbocycles. The predicted molar refractivity (Wildman–Crippen MR) is 78.5 cm³/mol. The molecule has 0 aliphatic heterocycles. The number of Topliss-reactive ketones (excluding diaryl/α,β-unsaturated/α-hetero) is 1. The molecule has 0 spiro atoms. The molecule has 0 bridgehead atoms. The van der Waals surface area contributed by atoms with Gasteiger partial charge in [0.05, 0.1) is 6.04 Å². The van der Waals surface area contributed by atoms with Gasteiger partial charge in [0.15, 0.2) is 5.78 Å². The second-order valence-corrected chi connectivity index (χ2v) is 4.67. The average molecular weight is 267 g/mol. The lowest BCUT2D eigenvalue weighted by Gasteiger charge is -2.17. The van der Waals surface area contributed by atoms with Crippen molar-refractivity contribution in [2.24, 2.45) is 0 Å². The molecule has 102 valence electrons. The maximum absolute atomic E-state index is 12.5. The van der Waals surface area contributed by atoms with Crippen LogP contribution in [-0.2, 0) is 11.2 Å². The monoisotopic (exact) mass is 267 g/mol. The summed E-state index contributed by atoms with van der Waals surface area (Å²) in [6.07, 6.45) is 0.494. The van der Waals surface area contributed by atoms with Crippen molar-refractivity contribution in [1.29, 1.82) is 0 Å². The second-order valence-electron chi connectivity index (χ2n) is 4.67. The van der Waals surface area contributed by atoms with Crippen molar-refractivity contribution in [2.75, 3.05) is 0 Å². The van der Waals surface area contributed by atoms with Gasteiger partial charge in [-0.05, 0) is 5.56 Å². The summed E-state index contributed by atoms with van der Waals surface area (Å²) >= 11 is 0. The smallest absolute Gasteiger partial charge is 0.217 e. The summed E-state index contributed by atoms with van der Waals surface area (Å²) in [6, 6.07) is 18.2. The summed E-state index contributed by atoms with van der Waals surface area (Å²) in [5, 5.41) is 2.74. The number of benzene rings is 2. The van der Waals surface area contributed by atoms with E-state index < -0.39 is 6.04 Å². The lowest BCUT2D eigenvalue weighted by atomic mass is 9.97. The number of nitrogens with one attached hydrogen (secondary N) is 1. The van der Waals surface area contributed by atoms with Crippen LogP contribution in [0.5, 0.6) is 0 Å². The van der Waals surface area contributed by atoms with E-state index >= 15 is 0 Å². The third-order valence-corrected chi connectivity index (χ3v) is 3.03. The van der Waals surface area contributed by atoms with E-state index in [4.69, 9.17) is 0 Å². The first-order valence-electron chi connectivity index (χ1n) is 6.57. The van der Waals surface area contributed by atoms with Crippen molar-refractivity contribution in [3.63, 3.8) is 0 Å². The Hall–Kier alpha value is -2.42. The van der Waals surface area contributed by atoms with E-state index in [0.717, 1.165) is 5.56 Å². The minimum atomic E-state index is -0.530. The number of rotatable bonds is 5. The molecular formula is C17H17NO2. The highest BCUT2D eigenvalue weighted by Crippen LogP contribution is 2.09. The molecule has 2 rings (SSSR count). The van der Waals surface area contributed by atoms with Crippen molar-refractivity contribution in [1.82, 2.24) is 5.32 Å². The van der Waals surface area contributed by atoms with Crippen LogP contribution >= 0.6 is 0 Å². The molecule has 0 fully saturated rings. The Morgan fingerprint density at radius 1 is 0.950 bits per heavy atom. The zero-order chi connectivity index (χ0) is 14.4. The summed E-state index contributed by atoms with van der Waals surface area (Å²) < 4.78 is 0.